The summed E-state index contributed by atoms with van der Waals surface area (Å²) in [4.78, 5) is 29.9. The van der Waals surface area contributed by atoms with E-state index in [-0.39, 0.29) is 29.6 Å². The summed E-state index contributed by atoms with van der Waals surface area (Å²) in [6.07, 6.45) is 1.65. The Kier molecular flexibility index (Phi) is 9.33. The van der Waals surface area contributed by atoms with Gasteiger partial charge in [-0.3, -0.25) is 4.79 Å². The number of hydrogen-bond donors (Lipinski definition) is 1. The summed E-state index contributed by atoms with van der Waals surface area (Å²) in [5.74, 6) is -1.15. The molecule has 38 heavy (non-hydrogen) atoms. The van der Waals surface area contributed by atoms with Gasteiger partial charge in [0.1, 0.15) is 28.7 Å². The molecule has 10 heteroatoms. The SMILES string of the molecule is CCOC(=O)C1=C(O)C(=Cc2cc(Br)ccc2OCc2ccc(Cl)cc2Cl)SC1=NC(=O)c1ccccc1. The standard InChI is InChI=1S/C28H20BrCl2NO5S/c1-2-36-28(35)24-25(33)23(38-27(24)32-26(34)16-6-4-3-5-7-16)13-18-12-19(29)9-11-22(18)37-15-17-8-10-20(30)14-21(17)31/h3-14,33H,2,15H2,1H3. The fourth-order valence-electron chi connectivity index (χ4n) is 3.43. The van der Waals surface area contributed by atoms with E-state index < -0.39 is 11.9 Å². The van der Waals surface area contributed by atoms with Gasteiger partial charge in [-0.25, -0.2) is 9.79 Å². The molecule has 1 amide bonds. The second-order valence-electron chi connectivity index (χ2n) is 7.85. The van der Waals surface area contributed by atoms with Gasteiger partial charge in [-0.1, -0.05) is 75.2 Å². The lowest BCUT2D eigenvalue weighted by atomic mass is 10.1. The zero-order valence-electron chi connectivity index (χ0n) is 19.9. The van der Waals surface area contributed by atoms with Gasteiger partial charge in [0, 0.05) is 31.2 Å². The van der Waals surface area contributed by atoms with Crippen LogP contribution >= 0.6 is 50.9 Å². The Hall–Kier alpha value is -3.04. The van der Waals surface area contributed by atoms with Gasteiger partial charge in [0.25, 0.3) is 5.91 Å². The third-order valence-corrected chi connectivity index (χ3v) is 7.35. The van der Waals surface area contributed by atoms with E-state index in [1.165, 1.54) is 0 Å². The number of aliphatic imine (C=N–C) groups is 1. The lowest BCUT2D eigenvalue weighted by molar-refractivity contribution is -0.138. The van der Waals surface area contributed by atoms with Crippen LogP contribution in [0.3, 0.4) is 0 Å². The molecule has 1 aliphatic rings. The predicted molar refractivity (Wildman–Crippen MR) is 155 cm³/mol. The van der Waals surface area contributed by atoms with Gasteiger partial charge in [-0.05, 0) is 55.5 Å². The molecule has 0 aromatic heterocycles. The number of rotatable bonds is 7. The minimum absolute atomic E-state index is 0.0477. The molecule has 3 aromatic rings. The Morgan fingerprint density at radius 1 is 1.08 bits per heavy atom. The maximum Gasteiger partial charge on any atom is 0.344 e. The number of ether oxygens (including phenoxy) is 2. The number of halogens is 3. The third kappa shape index (κ3) is 6.69. The molecule has 0 saturated carbocycles. The molecular formula is C28H20BrCl2NO5S. The molecule has 1 N–H and O–H groups in total. The van der Waals surface area contributed by atoms with Crippen LogP contribution < -0.4 is 4.74 Å². The van der Waals surface area contributed by atoms with Crippen molar-refractivity contribution in [2.24, 2.45) is 4.99 Å². The molecule has 3 aromatic carbocycles. The zero-order chi connectivity index (χ0) is 27.2. The highest BCUT2D eigenvalue weighted by Crippen LogP contribution is 2.41. The van der Waals surface area contributed by atoms with Crippen molar-refractivity contribution in [2.75, 3.05) is 6.61 Å². The highest BCUT2D eigenvalue weighted by molar-refractivity contribution is 9.10. The molecule has 194 valence electrons. The maximum absolute atomic E-state index is 12.7. The Morgan fingerprint density at radius 3 is 2.55 bits per heavy atom. The fourth-order valence-corrected chi connectivity index (χ4v) is 5.27. The molecule has 1 aliphatic heterocycles. The van der Waals surface area contributed by atoms with Crippen molar-refractivity contribution in [1.29, 1.82) is 0 Å². The number of carbonyl (C=O) groups is 2. The first-order chi connectivity index (χ1) is 18.3. The number of aliphatic hydroxyl groups is 1. The summed E-state index contributed by atoms with van der Waals surface area (Å²) in [7, 11) is 0. The molecule has 0 spiro atoms. The van der Waals surface area contributed by atoms with Gasteiger partial charge >= 0.3 is 5.97 Å². The first kappa shape index (κ1) is 28.0. The Morgan fingerprint density at radius 2 is 1.84 bits per heavy atom. The molecule has 0 unspecified atom stereocenters. The van der Waals surface area contributed by atoms with Crippen LogP contribution in [0.5, 0.6) is 5.75 Å². The van der Waals surface area contributed by atoms with Crippen molar-refractivity contribution in [1.82, 2.24) is 0 Å². The van der Waals surface area contributed by atoms with E-state index >= 15 is 0 Å². The number of benzene rings is 3. The highest BCUT2D eigenvalue weighted by Gasteiger charge is 2.34. The Labute approximate surface area is 242 Å². The number of nitrogens with zero attached hydrogens (tertiary/aromatic N) is 1. The van der Waals surface area contributed by atoms with Gasteiger partial charge < -0.3 is 14.6 Å². The zero-order valence-corrected chi connectivity index (χ0v) is 23.8. The normalized spacial score (nSPS) is 15.3. The van der Waals surface area contributed by atoms with Gasteiger partial charge in [0.15, 0.2) is 0 Å². The lowest BCUT2D eigenvalue weighted by Crippen LogP contribution is -2.14. The second kappa shape index (κ2) is 12.7. The van der Waals surface area contributed by atoms with Crippen LogP contribution in [0.15, 0.2) is 92.4 Å². The van der Waals surface area contributed by atoms with Gasteiger partial charge in [-0.2, -0.15) is 0 Å². The first-order valence-corrected chi connectivity index (χ1v) is 13.7. The van der Waals surface area contributed by atoms with Crippen LogP contribution in [-0.2, 0) is 16.1 Å². The molecule has 0 fully saturated rings. The Balaban J connectivity index is 1.69. The van der Waals surface area contributed by atoms with Crippen molar-refractivity contribution in [3.63, 3.8) is 0 Å². The van der Waals surface area contributed by atoms with E-state index in [1.54, 1.807) is 73.7 Å². The van der Waals surface area contributed by atoms with E-state index in [0.29, 0.717) is 31.8 Å². The molecule has 6 nitrogen and oxygen atoms in total. The van der Waals surface area contributed by atoms with Crippen molar-refractivity contribution in [3.05, 3.63) is 114 Å². The monoisotopic (exact) mass is 631 g/mol. The molecule has 0 bridgehead atoms. The summed E-state index contributed by atoms with van der Waals surface area (Å²) in [6.45, 7) is 1.92. The quantitative estimate of drug-likeness (QED) is 0.265. The fraction of sp³-hybridized carbons (Fsp3) is 0.107. The van der Waals surface area contributed by atoms with E-state index in [4.69, 9.17) is 32.7 Å². The number of thioether (sulfide) groups is 1. The number of amides is 1. The topological polar surface area (TPSA) is 85.2 Å². The number of esters is 1. The van der Waals surface area contributed by atoms with Crippen LogP contribution in [0, 0.1) is 0 Å². The van der Waals surface area contributed by atoms with Gasteiger partial charge in [-0.15, -0.1) is 0 Å². The van der Waals surface area contributed by atoms with Crippen molar-refractivity contribution in [3.8, 4) is 5.75 Å². The summed E-state index contributed by atoms with van der Waals surface area (Å²) in [5, 5.41) is 12.1. The van der Waals surface area contributed by atoms with Crippen LogP contribution in [0.2, 0.25) is 10.0 Å². The molecule has 0 atom stereocenters. The summed E-state index contributed by atoms with van der Waals surface area (Å²) < 4.78 is 11.9. The Bertz CT molecular complexity index is 1490. The smallest absolute Gasteiger partial charge is 0.344 e. The molecular weight excluding hydrogens is 613 g/mol. The molecule has 0 radical (unpaired) electrons. The maximum atomic E-state index is 12.7. The van der Waals surface area contributed by atoms with Crippen LogP contribution in [0.1, 0.15) is 28.4 Å². The molecule has 0 saturated heterocycles. The van der Waals surface area contributed by atoms with Crippen molar-refractivity contribution >= 4 is 73.9 Å². The highest BCUT2D eigenvalue weighted by atomic mass is 79.9. The number of carbonyl (C=O) groups excluding carboxylic acids is 2. The molecule has 1 heterocycles. The predicted octanol–water partition coefficient (Wildman–Crippen LogP) is 8.04. The third-order valence-electron chi connectivity index (χ3n) is 5.25. The number of hydrogen-bond acceptors (Lipinski definition) is 6. The van der Waals surface area contributed by atoms with Crippen LogP contribution in [-0.4, -0.2) is 28.6 Å². The summed E-state index contributed by atoms with van der Waals surface area (Å²) in [5.41, 5.74) is 1.54. The van der Waals surface area contributed by atoms with Gasteiger partial charge in [0.05, 0.1) is 11.5 Å². The van der Waals surface area contributed by atoms with Crippen molar-refractivity contribution in [2.45, 2.75) is 13.5 Å². The second-order valence-corrected chi connectivity index (χ2v) is 10.6. The van der Waals surface area contributed by atoms with E-state index in [0.717, 1.165) is 21.8 Å². The number of aliphatic hydroxyl groups excluding tert-OH is 1. The minimum Gasteiger partial charge on any atom is -0.506 e. The summed E-state index contributed by atoms with van der Waals surface area (Å²) >= 11 is 16.7. The van der Waals surface area contributed by atoms with Crippen molar-refractivity contribution < 1.29 is 24.2 Å². The average Bonchev–Trinajstić information content (AvgIpc) is 3.19. The van der Waals surface area contributed by atoms with E-state index in [2.05, 4.69) is 20.9 Å². The molecule has 4 rings (SSSR count). The van der Waals surface area contributed by atoms with Crippen LogP contribution in [0.25, 0.3) is 6.08 Å². The van der Waals surface area contributed by atoms with Gasteiger partial charge in [0.2, 0.25) is 0 Å². The lowest BCUT2D eigenvalue weighted by Gasteiger charge is -2.12. The van der Waals surface area contributed by atoms with Crippen LogP contribution in [0.4, 0.5) is 0 Å². The van der Waals surface area contributed by atoms with E-state index in [9.17, 15) is 14.7 Å². The molecule has 0 aliphatic carbocycles. The average molecular weight is 633 g/mol. The summed E-state index contributed by atoms with van der Waals surface area (Å²) in [6, 6.07) is 19.0. The largest absolute Gasteiger partial charge is 0.506 e. The first-order valence-electron chi connectivity index (χ1n) is 11.3. The minimum atomic E-state index is -0.774. The van der Waals surface area contributed by atoms with E-state index in [1.807, 2.05) is 6.07 Å².